The molecule has 12 heavy (non-hydrogen) atoms. The maximum absolute atomic E-state index is 8.58. The third-order valence-corrected chi connectivity index (χ3v) is 0. The molecule has 12 heteroatoms. The summed E-state index contributed by atoms with van der Waals surface area (Å²) in [5, 5.41) is 0. The predicted molar refractivity (Wildman–Crippen MR) is 16.1 cm³/mol. The third-order valence-electron chi connectivity index (χ3n) is 0. The van der Waals surface area contributed by atoms with Crippen molar-refractivity contribution in [3.05, 3.63) is 0 Å². The Balaban J connectivity index is -0.0000000457. The molecule has 0 bridgehead atoms. The van der Waals surface area contributed by atoms with Gasteiger partial charge in [-0.2, -0.15) is 0 Å². The van der Waals surface area contributed by atoms with Crippen LogP contribution in [0.5, 0.6) is 0 Å². The first-order valence-electron chi connectivity index (χ1n) is 1.23. The molecular weight excluding hydrogens is 266 g/mol. The van der Waals surface area contributed by atoms with Crippen LogP contribution in [-0.4, -0.2) is 0 Å². The van der Waals surface area contributed by atoms with Gasteiger partial charge < -0.3 is 12.3 Å². The van der Waals surface area contributed by atoms with Crippen molar-refractivity contribution in [2.24, 2.45) is 0 Å². The quantitative estimate of drug-likeness (QED) is 0.453. The van der Waals surface area contributed by atoms with Crippen molar-refractivity contribution in [1.29, 1.82) is 0 Å². The van der Waals surface area contributed by atoms with E-state index in [0.29, 0.717) is 0 Å². The molecular formula is H8Mn2N2O8. The van der Waals surface area contributed by atoms with E-state index >= 15 is 0 Å². The van der Waals surface area contributed by atoms with Crippen LogP contribution in [0, 0.1) is 0 Å². The zero-order valence-corrected chi connectivity index (χ0v) is 8.38. The first-order chi connectivity index (χ1) is 4.00. The van der Waals surface area contributed by atoms with Crippen LogP contribution >= 0.6 is 0 Å². The molecule has 0 spiro atoms. The molecule has 0 aliphatic rings. The molecule has 0 aliphatic heterocycles. The van der Waals surface area contributed by atoms with Gasteiger partial charge in [-0.15, -0.1) is 0 Å². The van der Waals surface area contributed by atoms with Gasteiger partial charge in [-0.25, -0.2) is 0 Å². The SMILES string of the molecule is [NH4+].[NH4+].[O]=[Mn](=[O])(=[O])[O-].[O]=[Mn](=[O])(=[O])[O-]. The van der Waals surface area contributed by atoms with Crippen LogP contribution in [0.1, 0.15) is 0 Å². The van der Waals surface area contributed by atoms with E-state index in [2.05, 4.69) is 0 Å². The predicted octanol–water partition coefficient (Wildman–Crippen LogP) is -2.34. The van der Waals surface area contributed by atoms with Crippen LogP contribution in [0.4, 0.5) is 0 Å². The molecule has 0 aromatic carbocycles. The molecule has 0 atom stereocenters. The molecule has 80 valence electrons. The first kappa shape index (κ1) is 22.6. The molecule has 10 nitrogen and oxygen atoms in total. The van der Waals surface area contributed by atoms with Crippen molar-refractivity contribution in [1.82, 2.24) is 12.3 Å². The van der Waals surface area contributed by atoms with Crippen LogP contribution in [0.25, 0.3) is 0 Å². The molecule has 0 aromatic rings. The van der Waals surface area contributed by atoms with Crippen molar-refractivity contribution in [3.8, 4) is 0 Å². The molecule has 0 rings (SSSR count). The average Bonchev–Trinajstić information content (AvgIpc) is 1.12. The molecule has 0 saturated heterocycles. The Morgan fingerprint density at radius 1 is 0.583 bits per heavy atom. The molecule has 0 fully saturated rings. The van der Waals surface area contributed by atoms with Gasteiger partial charge in [0, 0.05) is 0 Å². The molecule has 0 saturated carbocycles. The minimum absolute atomic E-state index is 0. The van der Waals surface area contributed by atoms with Gasteiger partial charge in [-0.05, 0) is 0 Å². The van der Waals surface area contributed by atoms with Crippen LogP contribution in [0.2, 0.25) is 0 Å². The van der Waals surface area contributed by atoms with Crippen molar-refractivity contribution < 1.29 is 57.3 Å². The first-order valence-corrected chi connectivity index (χ1v) is 5.09. The Hall–Kier alpha value is -0.321. The fourth-order valence-corrected chi connectivity index (χ4v) is 0. The van der Waals surface area contributed by atoms with Crippen LogP contribution in [0.3, 0.4) is 0 Å². The van der Waals surface area contributed by atoms with Crippen molar-refractivity contribution in [3.63, 3.8) is 0 Å². The summed E-state index contributed by atoms with van der Waals surface area (Å²) in [6.07, 6.45) is 0. The van der Waals surface area contributed by atoms with Gasteiger partial charge >= 0.3 is 57.3 Å². The fourth-order valence-electron chi connectivity index (χ4n) is 0. The van der Waals surface area contributed by atoms with Gasteiger partial charge in [-0.1, -0.05) is 0 Å². The Morgan fingerprint density at radius 3 is 0.583 bits per heavy atom. The van der Waals surface area contributed by atoms with E-state index < -0.39 is 25.9 Å². The summed E-state index contributed by atoms with van der Waals surface area (Å²) in [5.41, 5.74) is 0. The Kier molecular flexibility index (Phi) is 13.8. The van der Waals surface area contributed by atoms with Gasteiger partial charge in [0.25, 0.3) is 0 Å². The van der Waals surface area contributed by atoms with Crippen LogP contribution in [-0.2, 0) is 48.9 Å². The summed E-state index contributed by atoms with van der Waals surface area (Å²) < 4.78 is 68.6. The number of hydrogen-bond acceptors (Lipinski definition) is 8. The monoisotopic (exact) mass is 274 g/mol. The summed E-state index contributed by atoms with van der Waals surface area (Å²) in [6, 6.07) is 0. The Bertz CT molecular complexity index is 299. The normalized spacial score (nSPS) is 9.50. The second-order valence-electron chi connectivity index (χ2n) is 0.756. The van der Waals surface area contributed by atoms with Gasteiger partial charge in [0.05, 0.1) is 0 Å². The van der Waals surface area contributed by atoms with E-state index in [9.17, 15) is 0 Å². The van der Waals surface area contributed by atoms with E-state index in [1.807, 2.05) is 0 Å². The summed E-state index contributed by atoms with van der Waals surface area (Å²) in [7, 11) is 0. The molecule has 0 heterocycles. The van der Waals surface area contributed by atoms with E-state index in [4.69, 9.17) is 31.4 Å². The Morgan fingerprint density at radius 2 is 0.583 bits per heavy atom. The molecule has 0 amide bonds. The van der Waals surface area contributed by atoms with Crippen molar-refractivity contribution in [2.45, 2.75) is 0 Å². The second-order valence-corrected chi connectivity index (χ2v) is 3.12. The average molecular weight is 274 g/mol. The standard InChI is InChI=1S/2Mn.2H3N.8O/h;;2*1H3;;;;;;;;/q;;;;;;;;;;2*-1/p+2. The zero-order chi connectivity index (χ0) is 9.00. The minimum atomic E-state index is -5.62. The van der Waals surface area contributed by atoms with E-state index in [1.165, 1.54) is 0 Å². The van der Waals surface area contributed by atoms with Crippen LogP contribution < -0.4 is 20.7 Å². The molecule has 0 aromatic heterocycles. The maximum atomic E-state index is 8.58. The summed E-state index contributed by atoms with van der Waals surface area (Å²) in [6.45, 7) is 0. The van der Waals surface area contributed by atoms with Gasteiger partial charge in [0.1, 0.15) is 0 Å². The summed E-state index contributed by atoms with van der Waals surface area (Å²) >= 11 is -11.2. The number of rotatable bonds is 0. The zero-order valence-electron chi connectivity index (χ0n) is 6.02. The number of quaternary nitrogens is 2. The summed E-state index contributed by atoms with van der Waals surface area (Å²) in [4.78, 5) is 0. The molecule has 0 unspecified atom stereocenters. The molecule has 0 aliphatic carbocycles. The van der Waals surface area contributed by atoms with Crippen LogP contribution in [0.15, 0.2) is 0 Å². The van der Waals surface area contributed by atoms with E-state index in [1.54, 1.807) is 0 Å². The second kappa shape index (κ2) is 7.33. The molecule has 8 N–H and O–H groups in total. The van der Waals surface area contributed by atoms with Gasteiger partial charge in [0.2, 0.25) is 0 Å². The fraction of sp³-hybridized carbons (Fsp3) is 0. The van der Waals surface area contributed by atoms with Gasteiger partial charge in [0.15, 0.2) is 0 Å². The summed E-state index contributed by atoms with van der Waals surface area (Å²) in [5.74, 6) is 0. The number of hydrogen-bond donors (Lipinski definition) is 2. The Labute approximate surface area is 70.1 Å². The third kappa shape index (κ3) is 7070. The van der Waals surface area contributed by atoms with Crippen molar-refractivity contribution >= 4 is 0 Å². The van der Waals surface area contributed by atoms with E-state index in [0.717, 1.165) is 0 Å². The van der Waals surface area contributed by atoms with Gasteiger partial charge in [-0.3, -0.25) is 0 Å². The molecule has 0 radical (unpaired) electrons. The topological polar surface area (TPSA) is 222 Å². The van der Waals surface area contributed by atoms with Crippen molar-refractivity contribution in [2.75, 3.05) is 0 Å². The van der Waals surface area contributed by atoms with E-state index in [-0.39, 0.29) is 12.3 Å².